The third-order valence-electron chi connectivity index (χ3n) is 6.64. The van der Waals surface area contributed by atoms with E-state index in [-0.39, 0.29) is 29.2 Å². The Balaban J connectivity index is 1.31. The molecule has 4 rings (SSSR count). The zero-order valence-electron chi connectivity index (χ0n) is 20.5. The third kappa shape index (κ3) is 6.08. The first-order valence-electron chi connectivity index (χ1n) is 12.1. The lowest BCUT2D eigenvalue weighted by Gasteiger charge is -2.33. The number of benzene rings is 1. The molecule has 3 heterocycles. The molecule has 0 radical (unpaired) electrons. The molecule has 2 saturated heterocycles. The normalized spacial score (nSPS) is 18.4. The van der Waals surface area contributed by atoms with E-state index in [1.807, 2.05) is 11.8 Å². The number of sulfonamides is 1. The molecule has 0 spiro atoms. The van der Waals surface area contributed by atoms with E-state index in [9.17, 15) is 18.0 Å². The van der Waals surface area contributed by atoms with Gasteiger partial charge in [0.05, 0.1) is 23.1 Å². The Hall–Kier alpha value is -2.05. The summed E-state index contributed by atoms with van der Waals surface area (Å²) in [5.74, 6) is -0.237. The minimum Gasteiger partial charge on any atom is -0.465 e. The molecule has 1 amide bonds. The number of carbonyl (C=O) groups excluding carboxylic acids is 2. The lowest BCUT2D eigenvalue weighted by Crippen LogP contribution is -2.50. The second-order valence-electron chi connectivity index (χ2n) is 9.03. The van der Waals surface area contributed by atoms with Crippen molar-refractivity contribution in [2.45, 2.75) is 37.5 Å². The molecule has 36 heavy (non-hydrogen) atoms. The van der Waals surface area contributed by atoms with Crippen molar-refractivity contribution < 1.29 is 22.7 Å². The SMILES string of the molecule is CCOC(=O)CN1CCN(C(=O)c2csc(C3CCN(S(=O)(=O)c4ccc(C)c(Cl)c4)CC3)n2)CC1. The first kappa shape index (κ1) is 27.0. The fraction of sp³-hybridized carbons (Fsp3) is 0.542. The van der Waals surface area contributed by atoms with Gasteiger partial charge in [0.15, 0.2) is 0 Å². The van der Waals surface area contributed by atoms with Crippen LogP contribution in [0.25, 0.3) is 0 Å². The molecule has 0 aliphatic carbocycles. The predicted octanol–water partition coefficient (Wildman–Crippen LogP) is 2.99. The van der Waals surface area contributed by atoms with Gasteiger partial charge >= 0.3 is 5.97 Å². The Kier molecular flexibility index (Phi) is 8.67. The van der Waals surface area contributed by atoms with E-state index in [2.05, 4.69) is 4.98 Å². The number of aryl methyl sites for hydroxylation is 1. The summed E-state index contributed by atoms with van der Waals surface area (Å²) in [7, 11) is -3.61. The van der Waals surface area contributed by atoms with Gasteiger partial charge in [-0.25, -0.2) is 13.4 Å². The van der Waals surface area contributed by atoms with Gasteiger partial charge in [0.2, 0.25) is 10.0 Å². The van der Waals surface area contributed by atoms with Crippen LogP contribution >= 0.6 is 22.9 Å². The molecule has 12 heteroatoms. The summed E-state index contributed by atoms with van der Waals surface area (Å²) >= 11 is 7.60. The lowest BCUT2D eigenvalue weighted by molar-refractivity contribution is -0.144. The highest BCUT2D eigenvalue weighted by molar-refractivity contribution is 7.89. The summed E-state index contributed by atoms with van der Waals surface area (Å²) in [6.07, 6.45) is 1.29. The molecule has 2 aliphatic rings. The Morgan fingerprint density at radius 1 is 1.14 bits per heavy atom. The Morgan fingerprint density at radius 3 is 2.47 bits per heavy atom. The van der Waals surface area contributed by atoms with Gasteiger partial charge in [0, 0.05) is 55.6 Å². The van der Waals surface area contributed by atoms with Crippen molar-refractivity contribution in [3.05, 3.63) is 44.9 Å². The molecule has 2 aliphatic heterocycles. The summed E-state index contributed by atoms with van der Waals surface area (Å²) < 4.78 is 32.6. The minimum absolute atomic E-state index is 0.107. The van der Waals surface area contributed by atoms with Gasteiger partial charge in [0.25, 0.3) is 5.91 Å². The molecule has 0 saturated carbocycles. The predicted molar refractivity (Wildman–Crippen MR) is 138 cm³/mol. The average Bonchev–Trinajstić information content (AvgIpc) is 3.36. The van der Waals surface area contributed by atoms with Gasteiger partial charge in [0.1, 0.15) is 5.69 Å². The van der Waals surface area contributed by atoms with Gasteiger partial charge < -0.3 is 9.64 Å². The van der Waals surface area contributed by atoms with Crippen molar-refractivity contribution in [3.8, 4) is 0 Å². The van der Waals surface area contributed by atoms with E-state index in [0.717, 1.165) is 10.6 Å². The molecule has 196 valence electrons. The first-order chi connectivity index (χ1) is 17.2. The number of carbonyl (C=O) groups is 2. The highest BCUT2D eigenvalue weighted by atomic mass is 35.5. The number of hydrogen-bond donors (Lipinski definition) is 0. The zero-order valence-corrected chi connectivity index (χ0v) is 22.9. The van der Waals surface area contributed by atoms with Crippen LogP contribution in [-0.4, -0.2) is 91.8 Å². The standard InChI is InChI=1S/C24H31ClN4O5S2/c1-3-34-22(30)15-27-10-12-28(13-11-27)24(31)21-16-35-23(26-21)18-6-8-29(9-7-18)36(32,33)19-5-4-17(2)20(25)14-19/h4-5,14,16,18H,3,6-13,15H2,1-2H3. The van der Waals surface area contributed by atoms with Crippen LogP contribution in [0.4, 0.5) is 0 Å². The van der Waals surface area contributed by atoms with Crippen molar-refractivity contribution in [1.82, 2.24) is 19.1 Å². The van der Waals surface area contributed by atoms with E-state index in [1.54, 1.807) is 29.3 Å². The molecule has 2 fully saturated rings. The van der Waals surface area contributed by atoms with Crippen molar-refractivity contribution in [2.75, 3.05) is 52.4 Å². The number of esters is 1. The highest BCUT2D eigenvalue weighted by Crippen LogP contribution is 2.33. The second kappa shape index (κ2) is 11.6. The van der Waals surface area contributed by atoms with Crippen LogP contribution in [0.3, 0.4) is 0 Å². The molecule has 2 aromatic rings. The Morgan fingerprint density at radius 2 is 1.83 bits per heavy atom. The molecule has 0 N–H and O–H groups in total. The fourth-order valence-corrected chi connectivity index (χ4v) is 7.17. The number of nitrogens with zero attached hydrogens (tertiary/aromatic N) is 4. The van der Waals surface area contributed by atoms with E-state index in [0.29, 0.717) is 69.4 Å². The molecule has 0 bridgehead atoms. The van der Waals surface area contributed by atoms with Gasteiger partial charge in [-0.2, -0.15) is 4.31 Å². The van der Waals surface area contributed by atoms with Gasteiger partial charge in [-0.1, -0.05) is 17.7 Å². The Labute approximate surface area is 221 Å². The van der Waals surface area contributed by atoms with E-state index in [1.165, 1.54) is 21.7 Å². The number of amides is 1. The van der Waals surface area contributed by atoms with E-state index < -0.39 is 10.0 Å². The van der Waals surface area contributed by atoms with Crippen LogP contribution in [0, 0.1) is 6.92 Å². The number of aromatic nitrogens is 1. The maximum atomic E-state index is 13.1. The number of halogens is 1. The van der Waals surface area contributed by atoms with Crippen LogP contribution in [-0.2, 0) is 19.6 Å². The molecular weight excluding hydrogens is 524 g/mol. The molecule has 0 atom stereocenters. The maximum Gasteiger partial charge on any atom is 0.320 e. The van der Waals surface area contributed by atoms with Crippen molar-refractivity contribution in [1.29, 1.82) is 0 Å². The van der Waals surface area contributed by atoms with Crippen molar-refractivity contribution in [2.24, 2.45) is 0 Å². The molecule has 9 nitrogen and oxygen atoms in total. The van der Waals surface area contributed by atoms with E-state index >= 15 is 0 Å². The zero-order chi connectivity index (χ0) is 25.9. The van der Waals surface area contributed by atoms with Crippen molar-refractivity contribution >= 4 is 44.8 Å². The third-order valence-corrected chi connectivity index (χ3v) is 9.95. The molecule has 1 aromatic heterocycles. The molecule has 1 aromatic carbocycles. The van der Waals surface area contributed by atoms with Crippen LogP contribution in [0.2, 0.25) is 5.02 Å². The summed E-state index contributed by atoms with van der Waals surface area (Å²) in [6.45, 7) is 7.29. The van der Waals surface area contributed by atoms with Gasteiger partial charge in [-0.15, -0.1) is 11.3 Å². The number of thiazole rings is 1. The molecular formula is C24H31ClN4O5S2. The first-order valence-corrected chi connectivity index (χ1v) is 14.8. The monoisotopic (exact) mass is 554 g/mol. The van der Waals surface area contributed by atoms with Gasteiger partial charge in [-0.05, 0) is 44.4 Å². The number of rotatable bonds is 7. The largest absolute Gasteiger partial charge is 0.465 e. The fourth-order valence-electron chi connectivity index (χ4n) is 4.46. The number of hydrogen-bond acceptors (Lipinski definition) is 8. The van der Waals surface area contributed by atoms with Crippen LogP contribution in [0.15, 0.2) is 28.5 Å². The second-order valence-corrected chi connectivity index (χ2v) is 12.3. The summed E-state index contributed by atoms with van der Waals surface area (Å²) in [5, 5.41) is 3.10. The van der Waals surface area contributed by atoms with Crippen LogP contribution < -0.4 is 0 Å². The van der Waals surface area contributed by atoms with Crippen LogP contribution in [0.5, 0.6) is 0 Å². The maximum absolute atomic E-state index is 13.1. The van der Waals surface area contributed by atoms with Crippen molar-refractivity contribution in [3.63, 3.8) is 0 Å². The molecule has 0 unspecified atom stereocenters. The number of piperazine rings is 1. The number of piperidine rings is 1. The topological polar surface area (TPSA) is 100 Å². The smallest absolute Gasteiger partial charge is 0.320 e. The number of ether oxygens (including phenoxy) is 1. The minimum atomic E-state index is -3.61. The van der Waals surface area contributed by atoms with E-state index in [4.69, 9.17) is 16.3 Å². The average molecular weight is 555 g/mol. The quantitative estimate of drug-likeness (QED) is 0.485. The summed E-state index contributed by atoms with van der Waals surface area (Å²) in [6, 6.07) is 4.82. The van der Waals surface area contributed by atoms with Gasteiger partial charge in [-0.3, -0.25) is 14.5 Å². The lowest BCUT2D eigenvalue weighted by atomic mass is 9.99. The Bertz CT molecular complexity index is 1200. The van der Waals surface area contributed by atoms with Crippen LogP contribution in [0.1, 0.15) is 46.7 Å². The summed E-state index contributed by atoms with van der Waals surface area (Å²) in [5.41, 5.74) is 1.26. The summed E-state index contributed by atoms with van der Waals surface area (Å²) in [4.78, 5) is 33.2. The highest BCUT2D eigenvalue weighted by Gasteiger charge is 2.32.